The Labute approximate surface area is 254 Å². The molecule has 10 heteroatoms. The van der Waals surface area contributed by atoms with Gasteiger partial charge in [0.1, 0.15) is 11.5 Å². The molecule has 0 spiro atoms. The Balaban J connectivity index is 0. The average Bonchev–Trinajstić information content (AvgIpc) is 2.86. The summed E-state index contributed by atoms with van der Waals surface area (Å²) in [5.74, 6) is -1.07. The van der Waals surface area contributed by atoms with E-state index in [1.165, 1.54) is 109 Å². The first-order valence-corrected chi connectivity index (χ1v) is 19.9. The van der Waals surface area contributed by atoms with Crippen LogP contribution >= 0.6 is 0 Å². The van der Waals surface area contributed by atoms with Crippen LogP contribution in [0.15, 0.2) is 0 Å². The summed E-state index contributed by atoms with van der Waals surface area (Å²) in [6, 6.07) is 0. The molecule has 250 valence electrons. The second-order valence-corrected chi connectivity index (χ2v) is 14.8. The van der Waals surface area contributed by atoms with Crippen LogP contribution in [0.4, 0.5) is 0 Å². The molecule has 41 heavy (non-hydrogen) atoms. The van der Waals surface area contributed by atoms with E-state index in [1.807, 2.05) is 0 Å². The predicted molar refractivity (Wildman–Crippen MR) is 172 cm³/mol. The molecule has 0 aromatic rings. The maximum Gasteiger partial charge on any atom is 0.267 e. The van der Waals surface area contributed by atoms with E-state index in [-0.39, 0.29) is 0 Å². The van der Waals surface area contributed by atoms with E-state index in [0.717, 1.165) is 38.5 Å². The SMILES string of the molecule is CCCCCCCCCCCCCC(O)CS(=O)(=O)O.CCCCCCCCCCCCCCC(O)CS(=O)(=O)O. The Morgan fingerprint density at radius 1 is 0.390 bits per heavy atom. The second-order valence-electron chi connectivity index (χ2n) is 11.8. The average molecular weight is 631 g/mol. The molecule has 2 unspecified atom stereocenters. The fraction of sp³-hybridized carbons (Fsp3) is 1.00. The minimum atomic E-state index is -4.04. The quantitative estimate of drug-likeness (QED) is 0.0476. The van der Waals surface area contributed by atoms with Crippen molar-refractivity contribution in [3.05, 3.63) is 0 Å². The monoisotopic (exact) mass is 630 g/mol. The maximum atomic E-state index is 10.6. The molecule has 0 saturated carbocycles. The second kappa shape index (κ2) is 29.8. The zero-order valence-electron chi connectivity index (χ0n) is 26.5. The van der Waals surface area contributed by atoms with Gasteiger partial charge < -0.3 is 10.2 Å². The van der Waals surface area contributed by atoms with Gasteiger partial charge in [-0.1, -0.05) is 162 Å². The van der Waals surface area contributed by atoms with Gasteiger partial charge in [-0.3, -0.25) is 9.11 Å². The molecule has 0 aliphatic rings. The summed E-state index contributed by atoms with van der Waals surface area (Å²) in [4.78, 5) is 0. The normalized spacial score (nSPS) is 13.5. The van der Waals surface area contributed by atoms with E-state index in [0.29, 0.717) is 12.8 Å². The molecule has 0 aliphatic carbocycles. The van der Waals surface area contributed by atoms with Crippen LogP contribution in [0.2, 0.25) is 0 Å². The van der Waals surface area contributed by atoms with Crippen molar-refractivity contribution in [1.82, 2.24) is 0 Å². The molecule has 0 amide bonds. The molecule has 0 saturated heterocycles. The summed E-state index contributed by atoms with van der Waals surface area (Å²) < 4.78 is 59.4. The molecule has 0 rings (SSSR count). The first kappa shape index (κ1) is 42.9. The van der Waals surface area contributed by atoms with Crippen molar-refractivity contribution in [1.29, 1.82) is 0 Å². The third kappa shape index (κ3) is 41.9. The Morgan fingerprint density at radius 3 is 0.780 bits per heavy atom. The van der Waals surface area contributed by atoms with Crippen LogP contribution in [-0.2, 0) is 20.2 Å². The highest BCUT2D eigenvalue weighted by Crippen LogP contribution is 2.14. The fourth-order valence-corrected chi connectivity index (χ4v) is 6.22. The highest BCUT2D eigenvalue weighted by Gasteiger charge is 2.14. The van der Waals surface area contributed by atoms with Gasteiger partial charge in [-0.2, -0.15) is 16.8 Å². The van der Waals surface area contributed by atoms with Crippen molar-refractivity contribution in [3.8, 4) is 0 Å². The highest BCUT2D eigenvalue weighted by molar-refractivity contribution is 7.86. The highest BCUT2D eigenvalue weighted by atomic mass is 32.2. The molecule has 0 heterocycles. The van der Waals surface area contributed by atoms with Crippen molar-refractivity contribution >= 4 is 20.2 Å². The Hall–Kier alpha value is -0.260. The fourth-order valence-electron chi connectivity index (χ4n) is 4.92. The van der Waals surface area contributed by atoms with E-state index in [1.54, 1.807) is 0 Å². The molecular formula is C31H66O8S2. The lowest BCUT2D eigenvalue weighted by Gasteiger charge is -2.08. The molecule has 0 fully saturated rings. The molecule has 8 nitrogen and oxygen atoms in total. The third-order valence-corrected chi connectivity index (χ3v) is 8.95. The van der Waals surface area contributed by atoms with Crippen molar-refractivity contribution in [2.45, 2.75) is 187 Å². The standard InChI is InChI=1S/C16H34O4S.C15H32O4S/c1-2-3-4-5-6-7-8-9-10-11-12-13-14-16(17)15-21(18,19)20;1-2-3-4-5-6-7-8-9-10-11-12-13-15(16)14-20(17,18)19/h16-17H,2-15H2,1H3,(H,18,19,20);15-16H,2-14H2,1H3,(H,17,18,19). The summed E-state index contributed by atoms with van der Waals surface area (Å²) in [5, 5.41) is 18.8. The predicted octanol–water partition coefficient (Wildman–Crippen LogP) is 8.26. The van der Waals surface area contributed by atoms with E-state index in [4.69, 9.17) is 9.11 Å². The Bertz CT molecular complexity index is 741. The first-order chi connectivity index (χ1) is 19.4. The lowest BCUT2D eigenvalue weighted by Crippen LogP contribution is -2.19. The minimum absolute atomic E-state index is 0.455. The van der Waals surface area contributed by atoms with Gasteiger partial charge in [-0.15, -0.1) is 0 Å². The molecule has 0 radical (unpaired) electrons. The van der Waals surface area contributed by atoms with Crippen LogP contribution in [-0.4, -0.2) is 59.9 Å². The Kier molecular flexibility index (Phi) is 31.2. The van der Waals surface area contributed by atoms with Gasteiger partial charge in [-0.05, 0) is 12.8 Å². The van der Waals surface area contributed by atoms with E-state index in [9.17, 15) is 27.0 Å². The molecule has 0 bridgehead atoms. The number of hydrogen-bond donors (Lipinski definition) is 4. The van der Waals surface area contributed by atoms with Crippen molar-refractivity contribution in [2.24, 2.45) is 0 Å². The van der Waals surface area contributed by atoms with Gasteiger partial charge in [0.25, 0.3) is 20.2 Å². The van der Waals surface area contributed by atoms with Crippen molar-refractivity contribution < 1.29 is 36.2 Å². The van der Waals surface area contributed by atoms with Gasteiger partial charge in [0.05, 0.1) is 12.2 Å². The number of rotatable bonds is 29. The number of aliphatic hydroxyl groups excluding tert-OH is 2. The first-order valence-electron chi connectivity index (χ1n) is 16.7. The maximum absolute atomic E-state index is 10.6. The molecule has 2 atom stereocenters. The molecule has 0 aliphatic heterocycles. The number of aliphatic hydroxyl groups is 2. The summed E-state index contributed by atoms with van der Waals surface area (Å²) in [6.07, 6.45) is 27.5. The topological polar surface area (TPSA) is 149 Å². The molecular weight excluding hydrogens is 564 g/mol. The van der Waals surface area contributed by atoms with Gasteiger partial charge in [0, 0.05) is 0 Å². The zero-order valence-corrected chi connectivity index (χ0v) is 28.1. The summed E-state index contributed by atoms with van der Waals surface area (Å²) in [6.45, 7) is 4.47. The van der Waals surface area contributed by atoms with Gasteiger partial charge >= 0.3 is 0 Å². The van der Waals surface area contributed by atoms with Crippen LogP contribution in [0.3, 0.4) is 0 Å². The largest absolute Gasteiger partial charge is 0.392 e. The smallest absolute Gasteiger partial charge is 0.267 e. The molecule has 0 aromatic carbocycles. The van der Waals surface area contributed by atoms with Crippen LogP contribution in [0, 0.1) is 0 Å². The molecule has 4 N–H and O–H groups in total. The lowest BCUT2D eigenvalue weighted by molar-refractivity contribution is 0.179. The Morgan fingerprint density at radius 2 is 0.585 bits per heavy atom. The number of unbranched alkanes of at least 4 members (excludes halogenated alkanes) is 21. The van der Waals surface area contributed by atoms with Crippen LogP contribution < -0.4 is 0 Å². The minimum Gasteiger partial charge on any atom is -0.392 e. The number of hydrogen-bond acceptors (Lipinski definition) is 6. The van der Waals surface area contributed by atoms with E-state index in [2.05, 4.69) is 13.8 Å². The van der Waals surface area contributed by atoms with Gasteiger partial charge in [0.2, 0.25) is 0 Å². The zero-order chi connectivity index (χ0) is 31.2. The van der Waals surface area contributed by atoms with Crippen LogP contribution in [0.25, 0.3) is 0 Å². The van der Waals surface area contributed by atoms with Gasteiger partial charge in [-0.25, -0.2) is 0 Å². The summed E-state index contributed by atoms with van der Waals surface area (Å²) in [7, 11) is -8.08. The summed E-state index contributed by atoms with van der Waals surface area (Å²) >= 11 is 0. The van der Waals surface area contributed by atoms with E-state index < -0.39 is 43.9 Å². The van der Waals surface area contributed by atoms with Crippen LogP contribution in [0.1, 0.15) is 174 Å². The summed E-state index contributed by atoms with van der Waals surface area (Å²) in [5.41, 5.74) is 0. The van der Waals surface area contributed by atoms with Crippen LogP contribution in [0.5, 0.6) is 0 Å². The third-order valence-electron chi connectivity index (χ3n) is 7.34. The molecule has 0 aromatic heterocycles. The lowest BCUT2D eigenvalue weighted by atomic mass is 10.0. The van der Waals surface area contributed by atoms with E-state index >= 15 is 0 Å². The van der Waals surface area contributed by atoms with Crippen molar-refractivity contribution in [2.75, 3.05) is 11.5 Å². The van der Waals surface area contributed by atoms with Gasteiger partial charge in [0.15, 0.2) is 0 Å². The van der Waals surface area contributed by atoms with Crippen molar-refractivity contribution in [3.63, 3.8) is 0 Å².